The zero-order chi connectivity index (χ0) is 19.6. The van der Waals surface area contributed by atoms with E-state index in [9.17, 15) is 5.11 Å². The summed E-state index contributed by atoms with van der Waals surface area (Å²) in [6.45, 7) is 1.15. The minimum Gasteiger partial charge on any atom is -0.496 e. The molecule has 0 aromatic heterocycles. The number of rotatable bonds is 6. The van der Waals surface area contributed by atoms with Crippen molar-refractivity contribution in [3.63, 3.8) is 0 Å². The lowest BCUT2D eigenvalue weighted by molar-refractivity contribution is -0.0606. The number of ether oxygens (including phenoxy) is 2. The van der Waals surface area contributed by atoms with Gasteiger partial charge >= 0.3 is 0 Å². The molecule has 1 N–H and O–H groups in total. The van der Waals surface area contributed by atoms with E-state index < -0.39 is 5.60 Å². The molecule has 2 bridgehead atoms. The van der Waals surface area contributed by atoms with Gasteiger partial charge in [-0.25, -0.2) is 0 Å². The molecule has 146 valence electrons. The smallest absolute Gasteiger partial charge is 0.148 e. The third kappa shape index (κ3) is 3.61. The molecule has 2 aliphatic heterocycles. The predicted molar refractivity (Wildman–Crippen MR) is 109 cm³/mol. The Morgan fingerprint density at radius 2 is 1.89 bits per heavy atom. The molecule has 2 unspecified atom stereocenters. The van der Waals surface area contributed by atoms with Crippen molar-refractivity contribution in [3.05, 3.63) is 59.7 Å². The average molecular weight is 377 g/mol. The molecule has 2 aromatic rings. The first-order chi connectivity index (χ1) is 13.6. The fourth-order valence-corrected chi connectivity index (χ4v) is 4.89. The van der Waals surface area contributed by atoms with Gasteiger partial charge in [-0.3, -0.25) is 4.90 Å². The number of piperidine rings is 1. The minimum absolute atomic E-state index is 0.282. The van der Waals surface area contributed by atoms with E-state index in [1.807, 2.05) is 36.4 Å². The maximum absolute atomic E-state index is 11.5. The van der Waals surface area contributed by atoms with Crippen LogP contribution in [0.15, 0.2) is 48.5 Å². The van der Waals surface area contributed by atoms with Crippen molar-refractivity contribution in [1.29, 1.82) is 0 Å². The summed E-state index contributed by atoms with van der Waals surface area (Å²) in [6, 6.07) is 16.7. The fraction of sp³-hybridized carbons (Fsp3) is 0.417. The normalized spacial score (nSPS) is 26.6. The van der Waals surface area contributed by atoms with E-state index in [1.54, 1.807) is 7.11 Å². The number of hydrogen-bond acceptors (Lipinski definition) is 4. The maximum atomic E-state index is 11.5. The van der Waals surface area contributed by atoms with Gasteiger partial charge in [-0.2, -0.15) is 0 Å². The topological polar surface area (TPSA) is 41.9 Å². The van der Waals surface area contributed by atoms with Gasteiger partial charge in [-0.15, -0.1) is 6.42 Å². The number of hydrogen-bond donors (Lipinski definition) is 1. The van der Waals surface area contributed by atoms with Crippen LogP contribution in [0.3, 0.4) is 0 Å². The zero-order valence-corrected chi connectivity index (χ0v) is 16.3. The highest BCUT2D eigenvalue weighted by atomic mass is 16.5. The number of benzene rings is 2. The molecule has 0 radical (unpaired) electrons. The number of aliphatic hydroxyl groups is 1. The monoisotopic (exact) mass is 377 g/mol. The van der Waals surface area contributed by atoms with Crippen molar-refractivity contribution in [2.24, 2.45) is 0 Å². The van der Waals surface area contributed by atoms with Crippen LogP contribution in [0, 0.1) is 12.3 Å². The molecule has 2 aromatic carbocycles. The molecule has 2 fully saturated rings. The van der Waals surface area contributed by atoms with Crippen LogP contribution in [0.4, 0.5) is 0 Å². The lowest BCUT2D eigenvalue weighted by Crippen LogP contribution is -2.49. The van der Waals surface area contributed by atoms with E-state index in [-0.39, 0.29) is 6.61 Å². The summed E-state index contributed by atoms with van der Waals surface area (Å²) < 4.78 is 11.1. The molecule has 2 aliphatic rings. The van der Waals surface area contributed by atoms with Crippen molar-refractivity contribution in [3.8, 4) is 23.8 Å². The van der Waals surface area contributed by atoms with Gasteiger partial charge in [-0.1, -0.05) is 36.3 Å². The van der Waals surface area contributed by atoms with Crippen molar-refractivity contribution in [2.45, 2.75) is 49.9 Å². The van der Waals surface area contributed by atoms with Crippen molar-refractivity contribution < 1.29 is 14.6 Å². The Morgan fingerprint density at radius 1 is 1.14 bits per heavy atom. The molecular weight excluding hydrogens is 350 g/mol. The highest BCUT2D eigenvalue weighted by Gasteiger charge is 2.49. The standard InChI is InChI=1S/C24H27NO3/c1-3-13-28-21-8-6-7-18(14-21)17-25-19-11-12-20(25)16-24(26,15-19)22-9-4-5-10-23(22)27-2/h1,4-10,14,19-20,26H,11-13,15-17H2,2H3. The van der Waals surface area contributed by atoms with Crippen LogP contribution in [-0.4, -0.2) is 35.8 Å². The van der Waals surface area contributed by atoms with E-state index in [0.717, 1.165) is 49.3 Å². The fourth-order valence-electron chi connectivity index (χ4n) is 4.89. The molecule has 28 heavy (non-hydrogen) atoms. The van der Waals surface area contributed by atoms with Crippen LogP contribution in [0.5, 0.6) is 11.5 Å². The van der Waals surface area contributed by atoms with E-state index >= 15 is 0 Å². The first kappa shape index (κ1) is 18.9. The predicted octanol–water partition coefficient (Wildman–Crippen LogP) is 3.72. The number of nitrogens with zero attached hydrogens (tertiary/aromatic N) is 1. The molecule has 0 aliphatic carbocycles. The average Bonchev–Trinajstić information content (AvgIpc) is 2.96. The Labute approximate surface area is 167 Å². The lowest BCUT2D eigenvalue weighted by Gasteiger charge is -2.44. The molecule has 0 saturated carbocycles. The largest absolute Gasteiger partial charge is 0.496 e. The van der Waals surface area contributed by atoms with Crippen LogP contribution < -0.4 is 9.47 Å². The van der Waals surface area contributed by atoms with E-state index in [1.165, 1.54) is 5.56 Å². The van der Waals surface area contributed by atoms with Gasteiger partial charge < -0.3 is 14.6 Å². The van der Waals surface area contributed by atoms with Crippen molar-refractivity contribution in [1.82, 2.24) is 4.90 Å². The molecule has 2 saturated heterocycles. The summed E-state index contributed by atoms with van der Waals surface area (Å²) in [5, 5.41) is 11.5. The Kier molecular flexibility index (Phi) is 5.30. The molecule has 2 atom stereocenters. The molecular formula is C24H27NO3. The van der Waals surface area contributed by atoms with Crippen molar-refractivity contribution >= 4 is 0 Å². The van der Waals surface area contributed by atoms with Crippen molar-refractivity contribution in [2.75, 3.05) is 13.7 Å². The second-order valence-electron chi connectivity index (χ2n) is 7.84. The number of terminal acetylenes is 1. The second kappa shape index (κ2) is 7.87. The van der Waals surface area contributed by atoms with Gasteiger partial charge in [0.15, 0.2) is 0 Å². The molecule has 4 rings (SSSR count). The lowest BCUT2D eigenvalue weighted by atomic mass is 9.80. The van der Waals surface area contributed by atoms with Gasteiger partial charge in [0.2, 0.25) is 0 Å². The van der Waals surface area contributed by atoms with Gasteiger partial charge in [0, 0.05) is 24.2 Å². The Balaban J connectivity index is 1.51. The van der Waals surface area contributed by atoms with Crippen LogP contribution >= 0.6 is 0 Å². The highest BCUT2D eigenvalue weighted by Crippen LogP contribution is 2.48. The van der Waals surface area contributed by atoms with Crippen LogP contribution in [0.1, 0.15) is 36.8 Å². The first-order valence-electron chi connectivity index (χ1n) is 9.90. The third-order valence-electron chi connectivity index (χ3n) is 6.11. The van der Waals surface area contributed by atoms with Gasteiger partial charge in [0.05, 0.1) is 12.7 Å². The Bertz CT molecular complexity index is 858. The van der Waals surface area contributed by atoms with Crippen LogP contribution in [0.2, 0.25) is 0 Å². The van der Waals surface area contributed by atoms with E-state index in [4.69, 9.17) is 15.9 Å². The zero-order valence-electron chi connectivity index (χ0n) is 16.3. The first-order valence-corrected chi connectivity index (χ1v) is 9.90. The summed E-state index contributed by atoms with van der Waals surface area (Å²) in [5.74, 6) is 4.09. The summed E-state index contributed by atoms with van der Waals surface area (Å²) in [4.78, 5) is 2.55. The maximum Gasteiger partial charge on any atom is 0.148 e. The quantitative estimate of drug-likeness (QED) is 0.779. The van der Waals surface area contributed by atoms with E-state index in [0.29, 0.717) is 12.1 Å². The third-order valence-corrected chi connectivity index (χ3v) is 6.11. The molecule has 0 spiro atoms. The van der Waals surface area contributed by atoms with Gasteiger partial charge in [-0.05, 0) is 49.4 Å². The number of methoxy groups -OCH3 is 1. The van der Waals surface area contributed by atoms with E-state index in [2.05, 4.69) is 23.0 Å². The molecule has 4 heteroatoms. The van der Waals surface area contributed by atoms with Crippen LogP contribution in [-0.2, 0) is 12.1 Å². The number of para-hydroxylation sites is 1. The van der Waals surface area contributed by atoms with Gasteiger partial charge in [0.1, 0.15) is 18.1 Å². The Hall–Kier alpha value is -2.48. The summed E-state index contributed by atoms with van der Waals surface area (Å²) in [6.07, 6.45) is 8.99. The minimum atomic E-state index is -0.827. The summed E-state index contributed by atoms with van der Waals surface area (Å²) in [7, 11) is 1.67. The molecule has 4 nitrogen and oxygen atoms in total. The summed E-state index contributed by atoms with van der Waals surface area (Å²) in [5.41, 5.74) is 1.31. The molecule has 0 amide bonds. The number of fused-ring (bicyclic) bond motifs is 2. The highest BCUT2D eigenvalue weighted by molar-refractivity contribution is 5.39. The second-order valence-corrected chi connectivity index (χ2v) is 7.84. The van der Waals surface area contributed by atoms with Gasteiger partial charge in [0.25, 0.3) is 0 Å². The Morgan fingerprint density at radius 3 is 2.61 bits per heavy atom. The molecule has 2 heterocycles. The summed E-state index contributed by atoms with van der Waals surface area (Å²) >= 11 is 0. The SMILES string of the molecule is C#CCOc1cccc(CN2C3CCC2CC(O)(c2ccccc2OC)C3)c1. The van der Waals surface area contributed by atoms with Crippen LogP contribution in [0.25, 0.3) is 0 Å².